The predicted molar refractivity (Wildman–Crippen MR) is 102 cm³/mol. The highest BCUT2D eigenvalue weighted by Gasteiger charge is 2.09. The van der Waals surface area contributed by atoms with Crippen molar-refractivity contribution in [3.05, 3.63) is 72.8 Å². The molecule has 25 heavy (non-hydrogen) atoms. The van der Waals surface area contributed by atoms with E-state index >= 15 is 0 Å². The number of ether oxygens (including phenoxy) is 1. The Labute approximate surface area is 152 Å². The van der Waals surface area contributed by atoms with E-state index in [1.807, 2.05) is 60.7 Å². The summed E-state index contributed by atoms with van der Waals surface area (Å²) in [5.74, 6) is 0.724. The van der Waals surface area contributed by atoms with Crippen molar-refractivity contribution in [2.24, 2.45) is 0 Å². The van der Waals surface area contributed by atoms with Crippen LogP contribution in [0.25, 0.3) is 22.3 Å². The van der Waals surface area contributed by atoms with Crippen LogP contribution in [0.2, 0.25) is 0 Å². The van der Waals surface area contributed by atoms with Gasteiger partial charge in [-0.15, -0.1) is 0 Å². The SMILES string of the molecule is CS(=O)(=O)c1ccc(-c2cccc(-c3ccccc3OCCl)c2)cc1. The van der Waals surface area contributed by atoms with E-state index < -0.39 is 9.84 Å². The van der Waals surface area contributed by atoms with E-state index in [2.05, 4.69) is 0 Å². The summed E-state index contributed by atoms with van der Waals surface area (Å²) in [5, 5.41) is 0. The average Bonchev–Trinajstić information content (AvgIpc) is 2.62. The van der Waals surface area contributed by atoms with Gasteiger partial charge in [0.25, 0.3) is 0 Å². The lowest BCUT2D eigenvalue weighted by Crippen LogP contribution is -1.96. The second-order valence-electron chi connectivity index (χ2n) is 5.63. The maximum atomic E-state index is 11.6. The highest BCUT2D eigenvalue weighted by molar-refractivity contribution is 7.90. The number of benzene rings is 3. The molecular weight excluding hydrogens is 356 g/mol. The van der Waals surface area contributed by atoms with Crippen molar-refractivity contribution in [1.82, 2.24) is 0 Å². The summed E-state index contributed by atoms with van der Waals surface area (Å²) >= 11 is 5.70. The minimum absolute atomic E-state index is 0.0870. The maximum absolute atomic E-state index is 11.6. The van der Waals surface area contributed by atoms with Crippen molar-refractivity contribution in [1.29, 1.82) is 0 Å². The Morgan fingerprint density at radius 3 is 2.20 bits per heavy atom. The summed E-state index contributed by atoms with van der Waals surface area (Å²) in [5.41, 5.74) is 3.91. The topological polar surface area (TPSA) is 43.4 Å². The van der Waals surface area contributed by atoms with Gasteiger partial charge in [-0.1, -0.05) is 60.1 Å². The molecule has 0 amide bonds. The summed E-state index contributed by atoms with van der Waals surface area (Å²) in [6, 6.07) is 22.7. The molecule has 0 aromatic heterocycles. The maximum Gasteiger partial charge on any atom is 0.175 e. The fourth-order valence-corrected chi connectivity index (χ4v) is 3.40. The zero-order valence-electron chi connectivity index (χ0n) is 13.6. The van der Waals surface area contributed by atoms with Crippen molar-refractivity contribution in [3.8, 4) is 28.0 Å². The van der Waals surface area contributed by atoms with E-state index in [1.165, 1.54) is 6.26 Å². The van der Waals surface area contributed by atoms with Gasteiger partial charge in [0.15, 0.2) is 15.9 Å². The van der Waals surface area contributed by atoms with Gasteiger partial charge in [-0.2, -0.15) is 0 Å². The number of hydrogen-bond acceptors (Lipinski definition) is 3. The minimum atomic E-state index is -3.19. The molecule has 0 spiro atoms. The summed E-state index contributed by atoms with van der Waals surface area (Å²) < 4.78 is 28.7. The molecule has 0 aliphatic heterocycles. The minimum Gasteiger partial charge on any atom is -0.477 e. The zero-order chi connectivity index (χ0) is 17.9. The smallest absolute Gasteiger partial charge is 0.175 e. The van der Waals surface area contributed by atoms with Gasteiger partial charge in [0.2, 0.25) is 0 Å². The Morgan fingerprint density at radius 2 is 1.52 bits per heavy atom. The Hall–Kier alpha value is -2.30. The molecule has 0 fully saturated rings. The molecule has 3 aromatic rings. The van der Waals surface area contributed by atoms with Crippen LogP contribution in [-0.2, 0) is 9.84 Å². The lowest BCUT2D eigenvalue weighted by atomic mass is 9.98. The lowest BCUT2D eigenvalue weighted by molar-refractivity contribution is 0.389. The Balaban J connectivity index is 2.00. The zero-order valence-corrected chi connectivity index (χ0v) is 15.2. The third-order valence-electron chi connectivity index (χ3n) is 3.89. The molecule has 0 N–H and O–H groups in total. The van der Waals surface area contributed by atoms with Crippen molar-refractivity contribution in [2.45, 2.75) is 4.90 Å². The van der Waals surface area contributed by atoms with E-state index in [-0.39, 0.29) is 6.07 Å². The predicted octanol–water partition coefficient (Wildman–Crippen LogP) is 5.00. The Bertz CT molecular complexity index is 980. The third-order valence-corrected chi connectivity index (χ3v) is 5.12. The molecule has 5 heteroatoms. The van der Waals surface area contributed by atoms with Gasteiger partial charge < -0.3 is 4.74 Å². The Morgan fingerprint density at radius 1 is 0.840 bits per heavy atom. The van der Waals surface area contributed by atoms with Gasteiger partial charge in [-0.25, -0.2) is 8.42 Å². The molecule has 0 aliphatic carbocycles. The molecule has 128 valence electrons. The monoisotopic (exact) mass is 372 g/mol. The van der Waals surface area contributed by atoms with Gasteiger partial charge in [0.05, 0.1) is 4.90 Å². The van der Waals surface area contributed by atoms with Crippen molar-refractivity contribution < 1.29 is 13.2 Å². The fraction of sp³-hybridized carbons (Fsp3) is 0.100. The number of rotatable bonds is 5. The third kappa shape index (κ3) is 4.03. The van der Waals surface area contributed by atoms with Gasteiger partial charge in [0.1, 0.15) is 5.75 Å². The van der Waals surface area contributed by atoms with Crippen LogP contribution in [0, 0.1) is 0 Å². The van der Waals surface area contributed by atoms with Crippen LogP contribution in [0.1, 0.15) is 0 Å². The van der Waals surface area contributed by atoms with Gasteiger partial charge in [0, 0.05) is 11.8 Å². The second-order valence-corrected chi connectivity index (χ2v) is 7.86. The summed E-state index contributed by atoms with van der Waals surface area (Å²) in [7, 11) is -3.19. The number of sulfone groups is 1. The quantitative estimate of drug-likeness (QED) is 0.592. The number of para-hydroxylation sites is 1. The van der Waals surface area contributed by atoms with Crippen LogP contribution in [0.15, 0.2) is 77.7 Å². The molecule has 3 rings (SSSR count). The van der Waals surface area contributed by atoms with Gasteiger partial charge in [-0.3, -0.25) is 0 Å². The summed E-state index contributed by atoms with van der Waals surface area (Å²) in [6.07, 6.45) is 1.20. The molecule has 0 saturated heterocycles. The summed E-state index contributed by atoms with van der Waals surface area (Å²) in [4.78, 5) is 0.313. The van der Waals surface area contributed by atoms with Crippen LogP contribution in [0.5, 0.6) is 5.75 Å². The standard InChI is InChI=1S/C20H17ClO3S/c1-25(22,23)18-11-9-15(10-12-18)16-5-4-6-17(13-16)19-7-2-3-8-20(19)24-14-21/h2-13H,14H2,1H3. The van der Waals surface area contributed by atoms with Crippen molar-refractivity contribution >= 4 is 21.4 Å². The summed E-state index contributed by atoms with van der Waals surface area (Å²) in [6.45, 7) is 0. The highest BCUT2D eigenvalue weighted by atomic mass is 35.5. The molecule has 0 bridgehead atoms. The van der Waals surface area contributed by atoms with Crippen LogP contribution < -0.4 is 4.74 Å². The average molecular weight is 373 g/mol. The molecule has 3 aromatic carbocycles. The normalized spacial score (nSPS) is 11.3. The Kier molecular flexibility index (Phi) is 5.11. The van der Waals surface area contributed by atoms with Crippen LogP contribution >= 0.6 is 11.6 Å². The van der Waals surface area contributed by atoms with Gasteiger partial charge in [-0.05, 0) is 41.0 Å². The molecule has 0 aliphatic rings. The first-order valence-corrected chi connectivity index (χ1v) is 10.1. The first kappa shape index (κ1) is 17.5. The van der Waals surface area contributed by atoms with E-state index in [0.717, 1.165) is 28.0 Å². The van der Waals surface area contributed by atoms with E-state index in [4.69, 9.17) is 16.3 Å². The van der Waals surface area contributed by atoms with Gasteiger partial charge >= 0.3 is 0 Å². The molecular formula is C20H17ClO3S. The van der Waals surface area contributed by atoms with Crippen LogP contribution in [-0.4, -0.2) is 20.7 Å². The lowest BCUT2D eigenvalue weighted by Gasteiger charge is -2.11. The fourth-order valence-electron chi connectivity index (χ4n) is 2.65. The largest absolute Gasteiger partial charge is 0.477 e. The van der Waals surface area contributed by atoms with E-state index in [9.17, 15) is 8.42 Å². The van der Waals surface area contributed by atoms with E-state index in [1.54, 1.807) is 12.1 Å². The first-order valence-electron chi connectivity index (χ1n) is 7.68. The first-order chi connectivity index (χ1) is 12.0. The van der Waals surface area contributed by atoms with Crippen LogP contribution in [0.4, 0.5) is 0 Å². The van der Waals surface area contributed by atoms with Crippen LogP contribution in [0.3, 0.4) is 0 Å². The molecule has 0 radical (unpaired) electrons. The second kappa shape index (κ2) is 7.30. The molecule has 0 heterocycles. The number of hydrogen-bond donors (Lipinski definition) is 0. The van der Waals surface area contributed by atoms with Crippen molar-refractivity contribution in [3.63, 3.8) is 0 Å². The van der Waals surface area contributed by atoms with E-state index in [0.29, 0.717) is 4.90 Å². The molecule has 3 nitrogen and oxygen atoms in total. The number of alkyl halides is 1. The molecule has 0 saturated carbocycles. The highest BCUT2D eigenvalue weighted by Crippen LogP contribution is 2.33. The van der Waals surface area contributed by atoms with Crippen molar-refractivity contribution in [2.75, 3.05) is 12.3 Å². The molecule has 0 unspecified atom stereocenters. The molecule has 0 atom stereocenters. The number of halogens is 1.